The number of nitrogens with one attached hydrogen (secondary N) is 1. The largest absolute Gasteiger partial charge is 0.484 e. The molecule has 1 N–H and O–H groups in total. The third kappa shape index (κ3) is 4.50. The van der Waals surface area contributed by atoms with Crippen LogP contribution in [-0.4, -0.2) is 23.3 Å². The molecule has 144 valence electrons. The van der Waals surface area contributed by atoms with Gasteiger partial charge in [-0.3, -0.25) is 9.59 Å². The zero-order valence-electron chi connectivity index (χ0n) is 15.7. The van der Waals surface area contributed by atoms with E-state index in [1.54, 1.807) is 35.6 Å². The van der Waals surface area contributed by atoms with Crippen LogP contribution in [0.2, 0.25) is 0 Å². The van der Waals surface area contributed by atoms with E-state index in [4.69, 9.17) is 4.74 Å². The first-order valence-corrected chi connectivity index (χ1v) is 9.90. The number of Topliss-reactive ketones (excluding diaryl/α,β-unsaturated/α-hetero) is 1. The van der Waals surface area contributed by atoms with E-state index < -0.39 is 0 Å². The molecule has 0 spiro atoms. The number of para-hydroxylation sites is 1. The molecule has 0 atom stereocenters. The predicted molar refractivity (Wildman–Crippen MR) is 116 cm³/mol. The molecule has 0 saturated heterocycles. The average Bonchev–Trinajstić information content (AvgIpc) is 3.17. The number of ketones is 1. The Balaban J connectivity index is 1.40. The second-order valence-corrected chi connectivity index (χ2v) is 7.52. The third-order valence-electron chi connectivity index (χ3n) is 4.32. The first-order chi connectivity index (χ1) is 14.1. The Labute approximate surface area is 172 Å². The van der Waals surface area contributed by atoms with Crippen LogP contribution in [0.25, 0.3) is 20.8 Å². The average molecular weight is 402 g/mol. The summed E-state index contributed by atoms with van der Waals surface area (Å²) in [4.78, 5) is 28.2. The van der Waals surface area contributed by atoms with E-state index in [9.17, 15) is 9.59 Å². The minimum atomic E-state index is -0.262. The maximum atomic E-state index is 12.2. The Morgan fingerprint density at radius 2 is 1.79 bits per heavy atom. The van der Waals surface area contributed by atoms with Crippen LogP contribution < -0.4 is 10.1 Å². The van der Waals surface area contributed by atoms with Crippen LogP contribution in [0.4, 0.5) is 5.69 Å². The molecule has 3 aromatic carbocycles. The number of nitrogens with zero attached hydrogens (tertiary/aromatic N) is 1. The number of carbonyl (C=O) groups is 2. The Hall–Kier alpha value is -3.51. The van der Waals surface area contributed by atoms with Crippen LogP contribution in [0.5, 0.6) is 5.75 Å². The number of hydrogen-bond acceptors (Lipinski definition) is 5. The fourth-order valence-corrected chi connectivity index (χ4v) is 3.82. The highest BCUT2D eigenvalue weighted by atomic mass is 32.1. The van der Waals surface area contributed by atoms with Crippen LogP contribution in [-0.2, 0) is 4.79 Å². The van der Waals surface area contributed by atoms with E-state index in [1.165, 1.54) is 6.92 Å². The van der Waals surface area contributed by atoms with E-state index in [2.05, 4.69) is 10.3 Å². The molecule has 6 heteroatoms. The lowest BCUT2D eigenvalue weighted by Crippen LogP contribution is -2.20. The van der Waals surface area contributed by atoms with Crippen molar-refractivity contribution in [3.05, 3.63) is 78.4 Å². The van der Waals surface area contributed by atoms with Gasteiger partial charge in [-0.05, 0) is 55.5 Å². The van der Waals surface area contributed by atoms with Crippen LogP contribution in [0.3, 0.4) is 0 Å². The third-order valence-corrected chi connectivity index (χ3v) is 5.40. The van der Waals surface area contributed by atoms with Crippen molar-refractivity contribution in [1.29, 1.82) is 0 Å². The normalized spacial score (nSPS) is 10.7. The summed E-state index contributed by atoms with van der Waals surface area (Å²) < 4.78 is 6.62. The number of aromatic nitrogens is 1. The van der Waals surface area contributed by atoms with Gasteiger partial charge in [-0.2, -0.15) is 0 Å². The van der Waals surface area contributed by atoms with Gasteiger partial charge in [0.2, 0.25) is 0 Å². The van der Waals surface area contributed by atoms with Crippen LogP contribution in [0, 0.1) is 0 Å². The fraction of sp³-hybridized carbons (Fsp3) is 0.0870. The monoisotopic (exact) mass is 402 g/mol. The maximum absolute atomic E-state index is 12.2. The second kappa shape index (κ2) is 8.24. The summed E-state index contributed by atoms with van der Waals surface area (Å²) in [6.07, 6.45) is 0. The fourth-order valence-electron chi connectivity index (χ4n) is 2.86. The van der Waals surface area contributed by atoms with Crippen molar-refractivity contribution in [2.24, 2.45) is 0 Å². The minimum Gasteiger partial charge on any atom is -0.484 e. The molecule has 1 aromatic heterocycles. The van der Waals surface area contributed by atoms with Crippen molar-refractivity contribution in [3.63, 3.8) is 0 Å². The Morgan fingerprint density at radius 1 is 1.00 bits per heavy atom. The lowest BCUT2D eigenvalue weighted by Gasteiger charge is -2.08. The molecule has 0 radical (unpaired) electrons. The summed E-state index contributed by atoms with van der Waals surface area (Å²) in [6.45, 7) is 1.39. The lowest BCUT2D eigenvalue weighted by molar-refractivity contribution is -0.118. The highest BCUT2D eigenvalue weighted by Gasteiger charge is 2.09. The van der Waals surface area contributed by atoms with Gasteiger partial charge in [-0.25, -0.2) is 4.98 Å². The molecule has 1 heterocycles. The first-order valence-electron chi connectivity index (χ1n) is 9.08. The summed E-state index contributed by atoms with van der Waals surface area (Å²) in [6, 6.07) is 22.3. The smallest absolute Gasteiger partial charge is 0.262 e. The van der Waals surface area contributed by atoms with Gasteiger partial charge in [0.1, 0.15) is 10.8 Å². The van der Waals surface area contributed by atoms with Crippen LogP contribution in [0.1, 0.15) is 17.3 Å². The number of rotatable bonds is 6. The molecule has 0 fully saturated rings. The number of ether oxygens (including phenoxy) is 1. The summed E-state index contributed by atoms with van der Waals surface area (Å²) in [5, 5.41) is 3.75. The molecule has 5 nitrogen and oxygen atoms in total. The van der Waals surface area contributed by atoms with Crippen molar-refractivity contribution in [3.8, 4) is 16.3 Å². The van der Waals surface area contributed by atoms with Gasteiger partial charge >= 0.3 is 0 Å². The van der Waals surface area contributed by atoms with E-state index in [1.807, 2.05) is 48.5 Å². The predicted octanol–water partition coefficient (Wildman–Crippen LogP) is 5.18. The van der Waals surface area contributed by atoms with Crippen molar-refractivity contribution in [2.75, 3.05) is 11.9 Å². The van der Waals surface area contributed by atoms with Crippen LogP contribution in [0.15, 0.2) is 72.8 Å². The standard InChI is InChI=1S/C23H18N2O3S/c1-15(26)16-9-11-19(12-10-16)28-14-22(27)24-18-6-4-5-17(13-18)23-25-20-7-2-3-8-21(20)29-23/h2-13H,14H2,1H3,(H,24,27). The quantitative estimate of drug-likeness (QED) is 0.451. The lowest BCUT2D eigenvalue weighted by atomic mass is 10.1. The van der Waals surface area contributed by atoms with Gasteiger partial charge in [-0.1, -0.05) is 24.3 Å². The topological polar surface area (TPSA) is 68.3 Å². The van der Waals surface area contributed by atoms with E-state index >= 15 is 0 Å². The highest BCUT2D eigenvalue weighted by molar-refractivity contribution is 7.21. The van der Waals surface area contributed by atoms with Crippen molar-refractivity contribution >= 4 is 38.9 Å². The molecular weight excluding hydrogens is 384 g/mol. The summed E-state index contributed by atoms with van der Waals surface area (Å²) in [5.41, 5.74) is 3.20. The molecule has 1 amide bonds. The molecule has 0 unspecified atom stereocenters. The molecule has 0 saturated carbocycles. The van der Waals surface area contributed by atoms with Gasteiger partial charge in [0, 0.05) is 16.8 Å². The second-order valence-electron chi connectivity index (χ2n) is 6.48. The summed E-state index contributed by atoms with van der Waals surface area (Å²) in [5.74, 6) is 0.262. The molecule has 0 aliphatic carbocycles. The molecule has 0 aliphatic heterocycles. The first kappa shape index (κ1) is 18.8. The zero-order valence-corrected chi connectivity index (χ0v) is 16.5. The molecule has 0 aliphatic rings. The number of benzene rings is 3. The van der Waals surface area contributed by atoms with E-state index in [0.29, 0.717) is 17.0 Å². The Morgan fingerprint density at radius 3 is 2.55 bits per heavy atom. The summed E-state index contributed by atoms with van der Waals surface area (Å²) in [7, 11) is 0. The number of anilines is 1. The van der Waals surface area contributed by atoms with E-state index in [0.717, 1.165) is 20.8 Å². The number of hydrogen-bond donors (Lipinski definition) is 1. The molecule has 0 bridgehead atoms. The highest BCUT2D eigenvalue weighted by Crippen LogP contribution is 2.31. The molecule has 29 heavy (non-hydrogen) atoms. The number of carbonyl (C=O) groups excluding carboxylic acids is 2. The van der Waals surface area contributed by atoms with Crippen molar-refractivity contribution in [1.82, 2.24) is 4.98 Å². The molecular formula is C23H18N2O3S. The van der Waals surface area contributed by atoms with Crippen LogP contribution >= 0.6 is 11.3 Å². The zero-order chi connectivity index (χ0) is 20.2. The Kier molecular flexibility index (Phi) is 5.35. The van der Waals surface area contributed by atoms with Gasteiger partial charge in [0.25, 0.3) is 5.91 Å². The Bertz CT molecular complexity index is 1150. The molecule has 4 aromatic rings. The maximum Gasteiger partial charge on any atom is 0.262 e. The number of thiazole rings is 1. The van der Waals surface area contributed by atoms with Gasteiger partial charge in [0.05, 0.1) is 10.2 Å². The van der Waals surface area contributed by atoms with Crippen molar-refractivity contribution in [2.45, 2.75) is 6.92 Å². The number of amides is 1. The van der Waals surface area contributed by atoms with Crippen molar-refractivity contribution < 1.29 is 14.3 Å². The van der Waals surface area contributed by atoms with Gasteiger partial charge in [0.15, 0.2) is 12.4 Å². The SMILES string of the molecule is CC(=O)c1ccc(OCC(=O)Nc2cccc(-c3nc4ccccc4s3)c2)cc1. The summed E-state index contributed by atoms with van der Waals surface area (Å²) >= 11 is 1.62. The van der Waals surface area contributed by atoms with Gasteiger partial charge in [-0.15, -0.1) is 11.3 Å². The number of fused-ring (bicyclic) bond motifs is 1. The van der Waals surface area contributed by atoms with Gasteiger partial charge < -0.3 is 10.1 Å². The minimum absolute atomic E-state index is 0.0118. The van der Waals surface area contributed by atoms with E-state index in [-0.39, 0.29) is 18.3 Å². The molecule has 4 rings (SSSR count).